The third-order valence-electron chi connectivity index (χ3n) is 3.66. The van der Waals surface area contributed by atoms with Crippen molar-refractivity contribution in [3.63, 3.8) is 0 Å². The molecule has 0 saturated carbocycles. The summed E-state index contributed by atoms with van der Waals surface area (Å²) in [5.41, 5.74) is 2.25. The van der Waals surface area contributed by atoms with Gasteiger partial charge in [0.2, 0.25) is 0 Å². The highest BCUT2D eigenvalue weighted by Crippen LogP contribution is 2.23. The number of carbonyl (C=O) groups is 1. The monoisotopic (exact) mass is 278 g/mol. The van der Waals surface area contributed by atoms with Gasteiger partial charge < -0.3 is 10.2 Å². The third kappa shape index (κ3) is 7.17. The quantitative estimate of drug-likeness (QED) is 0.665. The summed E-state index contributed by atoms with van der Waals surface area (Å²) >= 11 is 0. The number of nitrogens with one attached hydrogen (secondary N) is 1. The highest BCUT2D eigenvalue weighted by atomic mass is 16.2. The number of carbonyl (C=O) groups excluding carboxylic acids is 1. The number of hydrogen-bond donors (Lipinski definition) is 1. The van der Waals surface area contributed by atoms with Crippen LogP contribution in [-0.2, 0) is 0 Å². The van der Waals surface area contributed by atoms with Crippen molar-refractivity contribution in [2.45, 2.75) is 40.5 Å². The molecule has 20 heavy (non-hydrogen) atoms. The SMILES string of the molecule is C=C/C=C(/CN(C)C(=O)NCCC(C)(C)CC)C(=C)C. The minimum absolute atomic E-state index is 0.0480. The van der Waals surface area contributed by atoms with Gasteiger partial charge in [0.1, 0.15) is 0 Å². The maximum atomic E-state index is 12.0. The molecule has 0 aromatic heterocycles. The third-order valence-corrected chi connectivity index (χ3v) is 3.66. The van der Waals surface area contributed by atoms with Gasteiger partial charge in [0.25, 0.3) is 0 Å². The molecule has 0 spiro atoms. The number of allylic oxidation sites excluding steroid dienone is 2. The molecule has 0 heterocycles. The van der Waals surface area contributed by atoms with E-state index in [-0.39, 0.29) is 11.4 Å². The maximum Gasteiger partial charge on any atom is 0.317 e. The van der Waals surface area contributed by atoms with Crippen LogP contribution in [-0.4, -0.2) is 31.1 Å². The van der Waals surface area contributed by atoms with E-state index in [2.05, 4.69) is 39.2 Å². The van der Waals surface area contributed by atoms with Crippen LogP contribution in [0.25, 0.3) is 0 Å². The molecule has 0 bridgehead atoms. The summed E-state index contributed by atoms with van der Waals surface area (Å²) in [6, 6.07) is -0.0480. The molecule has 0 aliphatic rings. The minimum atomic E-state index is -0.0480. The largest absolute Gasteiger partial charge is 0.338 e. The maximum absolute atomic E-state index is 12.0. The zero-order valence-electron chi connectivity index (χ0n) is 13.8. The van der Waals surface area contributed by atoms with E-state index < -0.39 is 0 Å². The Balaban J connectivity index is 4.32. The first-order valence-electron chi connectivity index (χ1n) is 7.20. The van der Waals surface area contributed by atoms with Crippen LogP contribution in [0.3, 0.4) is 0 Å². The van der Waals surface area contributed by atoms with Gasteiger partial charge in [0.05, 0.1) is 0 Å². The van der Waals surface area contributed by atoms with Crippen molar-refractivity contribution in [3.8, 4) is 0 Å². The Morgan fingerprint density at radius 2 is 2.00 bits per heavy atom. The summed E-state index contributed by atoms with van der Waals surface area (Å²) < 4.78 is 0. The summed E-state index contributed by atoms with van der Waals surface area (Å²) in [5.74, 6) is 0. The van der Waals surface area contributed by atoms with Gasteiger partial charge in [-0.05, 0) is 24.3 Å². The zero-order valence-corrected chi connectivity index (χ0v) is 13.8. The molecule has 3 nitrogen and oxygen atoms in total. The second-order valence-corrected chi connectivity index (χ2v) is 6.06. The lowest BCUT2D eigenvalue weighted by atomic mass is 9.87. The molecule has 0 saturated heterocycles. The Morgan fingerprint density at radius 1 is 1.40 bits per heavy atom. The predicted octanol–water partition coefficient (Wildman–Crippen LogP) is 4.14. The number of urea groups is 1. The predicted molar refractivity (Wildman–Crippen MR) is 87.8 cm³/mol. The van der Waals surface area contributed by atoms with E-state index in [4.69, 9.17) is 0 Å². The molecule has 3 heteroatoms. The van der Waals surface area contributed by atoms with Crippen LogP contribution in [0.2, 0.25) is 0 Å². The number of likely N-dealkylation sites (N-methyl/N-ethyl adjacent to an activating group) is 1. The highest BCUT2D eigenvalue weighted by Gasteiger charge is 2.16. The molecule has 0 aliphatic carbocycles. The summed E-state index contributed by atoms with van der Waals surface area (Å²) in [6.45, 7) is 17.4. The number of hydrogen-bond acceptors (Lipinski definition) is 1. The van der Waals surface area contributed by atoms with Crippen LogP contribution >= 0.6 is 0 Å². The van der Waals surface area contributed by atoms with Gasteiger partial charge in [-0.2, -0.15) is 0 Å². The molecule has 0 unspecified atom stereocenters. The van der Waals surface area contributed by atoms with Crippen molar-refractivity contribution in [1.82, 2.24) is 10.2 Å². The molecule has 0 rings (SSSR count). The molecule has 0 atom stereocenters. The number of nitrogens with zero attached hydrogens (tertiary/aromatic N) is 1. The van der Waals surface area contributed by atoms with Gasteiger partial charge in [0.15, 0.2) is 0 Å². The highest BCUT2D eigenvalue weighted by molar-refractivity contribution is 5.74. The van der Waals surface area contributed by atoms with Gasteiger partial charge in [-0.3, -0.25) is 0 Å². The van der Waals surface area contributed by atoms with Crippen LogP contribution < -0.4 is 5.32 Å². The van der Waals surface area contributed by atoms with E-state index in [1.165, 1.54) is 0 Å². The summed E-state index contributed by atoms with van der Waals surface area (Å²) in [5, 5.41) is 2.96. The van der Waals surface area contributed by atoms with Crippen molar-refractivity contribution in [3.05, 3.63) is 36.5 Å². The van der Waals surface area contributed by atoms with Crippen molar-refractivity contribution in [2.75, 3.05) is 20.1 Å². The molecule has 0 radical (unpaired) electrons. The summed E-state index contributed by atoms with van der Waals surface area (Å²) in [4.78, 5) is 13.7. The lowest BCUT2D eigenvalue weighted by molar-refractivity contribution is 0.209. The van der Waals surface area contributed by atoms with Crippen LogP contribution in [0, 0.1) is 5.41 Å². The molecule has 0 fully saturated rings. The fourth-order valence-electron chi connectivity index (χ4n) is 1.62. The average molecular weight is 278 g/mol. The lowest BCUT2D eigenvalue weighted by Gasteiger charge is -2.24. The normalized spacial score (nSPS) is 11.9. The van der Waals surface area contributed by atoms with Crippen LogP contribution in [0.15, 0.2) is 36.5 Å². The van der Waals surface area contributed by atoms with E-state index >= 15 is 0 Å². The van der Waals surface area contributed by atoms with Crippen LogP contribution in [0.1, 0.15) is 40.5 Å². The number of rotatable bonds is 8. The summed E-state index contributed by atoms with van der Waals surface area (Å²) in [6.07, 6.45) is 5.71. The van der Waals surface area contributed by atoms with Gasteiger partial charge in [-0.25, -0.2) is 4.79 Å². The fourth-order valence-corrected chi connectivity index (χ4v) is 1.62. The fraction of sp³-hybridized carbons (Fsp3) is 0.588. The van der Waals surface area contributed by atoms with E-state index in [1.807, 2.05) is 13.0 Å². The van der Waals surface area contributed by atoms with Gasteiger partial charge in [-0.1, -0.05) is 58.1 Å². The summed E-state index contributed by atoms with van der Waals surface area (Å²) in [7, 11) is 1.79. The van der Waals surface area contributed by atoms with E-state index in [9.17, 15) is 4.79 Å². The molecule has 114 valence electrons. The second kappa shape index (κ2) is 8.62. The molecular weight excluding hydrogens is 248 g/mol. The van der Waals surface area contributed by atoms with Crippen molar-refractivity contribution < 1.29 is 4.79 Å². The van der Waals surface area contributed by atoms with Crippen molar-refractivity contribution in [1.29, 1.82) is 0 Å². The Labute approximate surface area is 124 Å². The van der Waals surface area contributed by atoms with Crippen molar-refractivity contribution in [2.24, 2.45) is 5.41 Å². The standard InChI is InChI=1S/C17H30N2O/c1-8-10-15(14(3)4)13-19(7)16(20)18-12-11-17(5,6)9-2/h8,10H,1,3,9,11-13H2,2,4-7H3,(H,18,20)/b15-10-. The molecule has 2 amide bonds. The second-order valence-electron chi connectivity index (χ2n) is 6.06. The van der Waals surface area contributed by atoms with Crippen molar-refractivity contribution >= 4 is 6.03 Å². The Bertz CT molecular complexity index is 380. The zero-order chi connectivity index (χ0) is 15.8. The smallest absolute Gasteiger partial charge is 0.317 e. The Morgan fingerprint density at radius 3 is 2.45 bits per heavy atom. The first kappa shape index (κ1) is 18.5. The van der Waals surface area contributed by atoms with Gasteiger partial charge in [-0.15, -0.1) is 0 Å². The average Bonchev–Trinajstić information content (AvgIpc) is 2.37. The first-order valence-corrected chi connectivity index (χ1v) is 7.20. The van der Waals surface area contributed by atoms with Crippen LogP contribution in [0.5, 0.6) is 0 Å². The van der Waals surface area contributed by atoms with Gasteiger partial charge >= 0.3 is 6.03 Å². The molecule has 1 N–H and O–H groups in total. The van der Waals surface area contributed by atoms with Crippen LogP contribution in [0.4, 0.5) is 4.79 Å². The van der Waals surface area contributed by atoms with E-state index in [0.29, 0.717) is 13.1 Å². The molecule has 0 aliphatic heterocycles. The molecule has 0 aromatic rings. The van der Waals surface area contributed by atoms with E-state index in [1.54, 1.807) is 18.0 Å². The number of amides is 2. The molecule has 0 aromatic carbocycles. The van der Waals surface area contributed by atoms with E-state index in [0.717, 1.165) is 24.0 Å². The Hall–Kier alpha value is -1.51. The topological polar surface area (TPSA) is 32.3 Å². The molecular formula is C17H30N2O. The minimum Gasteiger partial charge on any atom is -0.338 e. The lowest BCUT2D eigenvalue weighted by Crippen LogP contribution is -2.39. The Kier molecular flexibility index (Phi) is 7.97. The first-order chi connectivity index (χ1) is 9.23. The van der Waals surface area contributed by atoms with Gasteiger partial charge in [0, 0.05) is 20.1 Å².